The molecule has 0 N–H and O–H groups in total. The number of ether oxygens (including phenoxy) is 1. The normalized spacial score (nSPS) is 13.5. The van der Waals surface area contributed by atoms with E-state index in [1.807, 2.05) is 19.2 Å². The van der Waals surface area contributed by atoms with E-state index in [4.69, 9.17) is 4.74 Å². The number of hydrogen-bond donors (Lipinski definition) is 0. The molecule has 7 nitrogen and oxygen atoms in total. The van der Waals surface area contributed by atoms with Crippen LogP contribution in [0.3, 0.4) is 0 Å². The fourth-order valence-corrected chi connectivity index (χ4v) is 4.76. The largest absolute Gasteiger partial charge is 0.482 e. The molecule has 0 spiro atoms. The number of ketones is 1. The second kappa shape index (κ2) is 7.64. The van der Waals surface area contributed by atoms with Crippen LogP contribution in [-0.2, 0) is 17.8 Å². The molecule has 150 valence electrons. The average Bonchev–Trinajstić information content (AvgIpc) is 3.16. The van der Waals surface area contributed by atoms with Crippen LogP contribution in [-0.4, -0.2) is 41.2 Å². The van der Waals surface area contributed by atoms with Crippen molar-refractivity contribution in [3.63, 3.8) is 0 Å². The van der Waals surface area contributed by atoms with Gasteiger partial charge in [-0.2, -0.15) is 0 Å². The van der Waals surface area contributed by atoms with Crippen LogP contribution in [0.2, 0.25) is 0 Å². The van der Waals surface area contributed by atoms with Gasteiger partial charge in [-0.25, -0.2) is 4.98 Å². The molecule has 0 radical (unpaired) electrons. The molecule has 3 aromatic rings. The number of anilines is 1. The van der Waals surface area contributed by atoms with Crippen LogP contribution >= 0.6 is 23.1 Å². The summed E-state index contributed by atoms with van der Waals surface area (Å²) in [5.74, 6) is 0.143. The molecule has 1 aliphatic rings. The van der Waals surface area contributed by atoms with E-state index in [1.165, 1.54) is 32.6 Å². The maximum atomic E-state index is 13.0. The van der Waals surface area contributed by atoms with Crippen molar-refractivity contribution in [2.75, 3.05) is 24.8 Å². The lowest BCUT2D eigenvalue weighted by atomic mass is 10.1. The van der Waals surface area contributed by atoms with Gasteiger partial charge in [-0.3, -0.25) is 19.0 Å². The van der Waals surface area contributed by atoms with Crippen molar-refractivity contribution in [1.29, 1.82) is 0 Å². The lowest BCUT2D eigenvalue weighted by molar-refractivity contribution is -0.120. The molecule has 0 unspecified atom stereocenters. The van der Waals surface area contributed by atoms with Gasteiger partial charge in [0.15, 0.2) is 17.5 Å². The minimum Gasteiger partial charge on any atom is -0.482 e. The van der Waals surface area contributed by atoms with Crippen molar-refractivity contribution in [3.8, 4) is 5.75 Å². The standard InChI is InChI=1S/C20H19N3O4S2/c1-4-12-8-13-18(29-12)21-20(28-3)23(19(13)26)9-15(24)11-5-6-16-14(7-11)22(2)17(25)10-27-16/h5-8H,4,9-10H2,1-3H3. The summed E-state index contributed by atoms with van der Waals surface area (Å²) in [5.41, 5.74) is 0.744. The molecule has 4 rings (SSSR count). The second-order valence-corrected chi connectivity index (χ2v) is 8.51. The van der Waals surface area contributed by atoms with E-state index in [0.717, 1.165) is 11.3 Å². The molecule has 1 amide bonds. The molecule has 0 bridgehead atoms. The zero-order valence-electron chi connectivity index (χ0n) is 16.2. The highest BCUT2D eigenvalue weighted by molar-refractivity contribution is 7.98. The maximum absolute atomic E-state index is 13.0. The Bertz CT molecular complexity index is 1200. The zero-order chi connectivity index (χ0) is 20.7. The van der Waals surface area contributed by atoms with Crippen LogP contribution in [0.4, 0.5) is 5.69 Å². The van der Waals surface area contributed by atoms with E-state index in [2.05, 4.69) is 4.98 Å². The molecule has 0 atom stereocenters. The Kier molecular flexibility index (Phi) is 5.18. The average molecular weight is 430 g/mol. The predicted molar refractivity (Wildman–Crippen MR) is 115 cm³/mol. The molecule has 29 heavy (non-hydrogen) atoms. The van der Waals surface area contributed by atoms with E-state index >= 15 is 0 Å². The number of aromatic nitrogens is 2. The van der Waals surface area contributed by atoms with E-state index in [1.54, 1.807) is 25.2 Å². The maximum Gasteiger partial charge on any atom is 0.264 e. The monoisotopic (exact) mass is 429 g/mol. The first-order chi connectivity index (χ1) is 13.9. The fourth-order valence-electron chi connectivity index (χ4n) is 3.20. The summed E-state index contributed by atoms with van der Waals surface area (Å²) in [6.07, 6.45) is 2.66. The van der Waals surface area contributed by atoms with Crippen LogP contribution in [0.1, 0.15) is 22.2 Å². The number of carbonyl (C=O) groups is 2. The smallest absolute Gasteiger partial charge is 0.264 e. The lowest BCUT2D eigenvalue weighted by Crippen LogP contribution is -2.35. The van der Waals surface area contributed by atoms with Gasteiger partial charge in [0.2, 0.25) is 0 Å². The van der Waals surface area contributed by atoms with Gasteiger partial charge in [0.05, 0.1) is 17.6 Å². The quantitative estimate of drug-likeness (QED) is 0.352. The third kappa shape index (κ3) is 3.44. The topological polar surface area (TPSA) is 81.5 Å². The van der Waals surface area contributed by atoms with Crippen molar-refractivity contribution < 1.29 is 14.3 Å². The number of rotatable bonds is 5. The van der Waals surface area contributed by atoms with Crippen molar-refractivity contribution in [2.24, 2.45) is 0 Å². The number of hydrogen-bond acceptors (Lipinski definition) is 7. The summed E-state index contributed by atoms with van der Waals surface area (Å²) >= 11 is 2.84. The predicted octanol–water partition coefficient (Wildman–Crippen LogP) is 2.98. The number of thiophene rings is 1. The molecule has 1 aliphatic heterocycles. The minimum atomic E-state index is -0.233. The number of aryl methyl sites for hydroxylation is 1. The minimum absolute atomic E-state index is 0.0185. The van der Waals surface area contributed by atoms with Crippen molar-refractivity contribution >= 4 is 50.7 Å². The molecule has 9 heteroatoms. The molecule has 0 saturated heterocycles. The number of Topliss-reactive ketones (excluding diaryl/α,β-unsaturated/α-hetero) is 1. The highest BCUT2D eigenvalue weighted by Gasteiger charge is 2.24. The zero-order valence-corrected chi connectivity index (χ0v) is 17.9. The van der Waals surface area contributed by atoms with Gasteiger partial charge in [0.25, 0.3) is 11.5 Å². The number of nitrogens with zero attached hydrogens (tertiary/aromatic N) is 3. The Morgan fingerprint density at radius 2 is 2.10 bits per heavy atom. The number of amides is 1. The number of carbonyl (C=O) groups excluding carboxylic acids is 2. The fraction of sp³-hybridized carbons (Fsp3) is 0.300. The highest BCUT2D eigenvalue weighted by Crippen LogP contribution is 2.32. The van der Waals surface area contributed by atoms with E-state index in [9.17, 15) is 14.4 Å². The Labute approximate surface area is 175 Å². The Morgan fingerprint density at radius 1 is 1.31 bits per heavy atom. The molecular weight excluding hydrogens is 410 g/mol. The van der Waals surface area contributed by atoms with Gasteiger partial charge in [-0.15, -0.1) is 11.3 Å². The van der Waals surface area contributed by atoms with Gasteiger partial charge in [0, 0.05) is 17.5 Å². The first-order valence-corrected chi connectivity index (χ1v) is 11.1. The van der Waals surface area contributed by atoms with Gasteiger partial charge >= 0.3 is 0 Å². The van der Waals surface area contributed by atoms with Crippen LogP contribution in [0.15, 0.2) is 34.2 Å². The highest BCUT2D eigenvalue weighted by atomic mass is 32.2. The van der Waals surface area contributed by atoms with Crippen LogP contribution in [0.25, 0.3) is 10.2 Å². The third-order valence-corrected chi connectivity index (χ3v) is 6.72. The van der Waals surface area contributed by atoms with Crippen LogP contribution in [0, 0.1) is 0 Å². The van der Waals surface area contributed by atoms with E-state index in [0.29, 0.717) is 32.4 Å². The first-order valence-electron chi connectivity index (χ1n) is 9.06. The lowest BCUT2D eigenvalue weighted by Gasteiger charge is -2.26. The SMILES string of the molecule is CCc1cc2c(=O)n(CC(=O)c3ccc4c(c3)N(C)C(=O)CO4)c(SC)nc2s1. The van der Waals surface area contributed by atoms with Gasteiger partial charge in [-0.05, 0) is 36.9 Å². The molecular formula is C20H19N3O4S2. The summed E-state index contributed by atoms with van der Waals surface area (Å²) < 4.78 is 6.83. The first kappa shape index (κ1) is 19.7. The van der Waals surface area contributed by atoms with Crippen molar-refractivity contribution in [3.05, 3.63) is 45.1 Å². The number of likely N-dealkylation sites (N-methyl/N-ethyl adjacent to an activating group) is 1. The Hall–Kier alpha value is -2.65. The van der Waals surface area contributed by atoms with Gasteiger partial charge < -0.3 is 9.64 Å². The summed E-state index contributed by atoms with van der Waals surface area (Å²) in [5, 5.41) is 1.05. The molecule has 3 heterocycles. The summed E-state index contributed by atoms with van der Waals surface area (Å²) in [4.78, 5) is 45.7. The Balaban J connectivity index is 1.72. The summed E-state index contributed by atoms with van der Waals surface area (Å²) in [6.45, 7) is 1.89. The molecule has 2 aromatic heterocycles. The van der Waals surface area contributed by atoms with E-state index < -0.39 is 0 Å². The molecule has 1 aromatic carbocycles. The summed E-state index contributed by atoms with van der Waals surface area (Å²) in [7, 11) is 1.65. The third-order valence-electron chi connectivity index (χ3n) is 4.87. The van der Waals surface area contributed by atoms with Crippen molar-refractivity contribution in [2.45, 2.75) is 25.0 Å². The van der Waals surface area contributed by atoms with Crippen molar-refractivity contribution in [1.82, 2.24) is 9.55 Å². The molecule has 0 saturated carbocycles. The summed E-state index contributed by atoms with van der Waals surface area (Å²) in [6, 6.07) is 6.82. The second-order valence-electron chi connectivity index (χ2n) is 6.62. The van der Waals surface area contributed by atoms with Gasteiger partial charge in [0.1, 0.15) is 10.6 Å². The molecule has 0 aliphatic carbocycles. The van der Waals surface area contributed by atoms with Gasteiger partial charge in [-0.1, -0.05) is 18.7 Å². The van der Waals surface area contributed by atoms with Crippen LogP contribution in [0.5, 0.6) is 5.75 Å². The Morgan fingerprint density at radius 3 is 2.83 bits per heavy atom. The number of benzene rings is 1. The van der Waals surface area contributed by atoms with E-state index in [-0.39, 0.29) is 30.4 Å². The number of fused-ring (bicyclic) bond motifs is 2. The molecule has 0 fully saturated rings. The van der Waals surface area contributed by atoms with Crippen LogP contribution < -0.4 is 15.2 Å². The number of thioether (sulfide) groups is 1.